The summed E-state index contributed by atoms with van der Waals surface area (Å²) in [7, 11) is 0. The number of rotatable bonds is 2. The first kappa shape index (κ1) is 10.3. The summed E-state index contributed by atoms with van der Waals surface area (Å²) in [5, 5.41) is 16.9. The average molecular weight is 245 g/mol. The van der Waals surface area contributed by atoms with Crippen LogP contribution in [-0.2, 0) is 0 Å². The summed E-state index contributed by atoms with van der Waals surface area (Å²) in [6, 6.07) is 3.26. The highest BCUT2D eigenvalue weighted by Crippen LogP contribution is 2.17. The average Bonchev–Trinajstić information content (AvgIpc) is 2.08. The largest absolute Gasteiger partial charge is 0.506 e. The van der Waals surface area contributed by atoms with Gasteiger partial charge >= 0.3 is 0 Å². The third kappa shape index (κ3) is 2.34. The van der Waals surface area contributed by atoms with Crippen LogP contribution in [0, 0.1) is 5.41 Å². The molecule has 0 aromatic carbocycles. The molecule has 2 atom stereocenters. The summed E-state index contributed by atoms with van der Waals surface area (Å²) in [6.45, 7) is 4.01. The summed E-state index contributed by atoms with van der Waals surface area (Å²) in [6.07, 6.45) is 1.57. The first-order valence-electron chi connectivity index (χ1n) is 4.12. The summed E-state index contributed by atoms with van der Waals surface area (Å²) < 4.78 is 1.73. The third-order valence-electron chi connectivity index (χ3n) is 2.06. The Labute approximate surface area is 85.7 Å². The lowest BCUT2D eigenvalue weighted by molar-refractivity contribution is 0.448. The number of hydrogen-bond donors (Lipinski definition) is 2. The highest BCUT2D eigenvalue weighted by Gasteiger charge is 2.10. The standard InChI is InChI=1S/C9H13BrN2O/c1-6(10)7(2)12-5-8(13)3-4-9(12)11/h3-7,11,13H,1-2H3/t6-,7?/m1/s1. The van der Waals surface area contributed by atoms with Crippen molar-refractivity contribution in [2.45, 2.75) is 24.7 Å². The van der Waals surface area contributed by atoms with Crippen LogP contribution in [0.3, 0.4) is 0 Å². The Morgan fingerprint density at radius 1 is 1.46 bits per heavy atom. The molecule has 0 aliphatic heterocycles. The van der Waals surface area contributed by atoms with E-state index in [-0.39, 0.29) is 16.6 Å². The van der Waals surface area contributed by atoms with Crippen LogP contribution in [0.4, 0.5) is 0 Å². The van der Waals surface area contributed by atoms with E-state index in [9.17, 15) is 5.11 Å². The van der Waals surface area contributed by atoms with Crippen LogP contribution in [0.2, 0.25) is 0 Å². The Morgan fingerprint density at radius 2 is 2.08 bits per heavy atom. The van der Waals surface area contributed by atoms with Crippen molar-refractivity contribution < 1.29 is 5.11 Å². The monoisotopic (exact) mass is 244 g/mol. The van der Waals surface area contributed by atoms with Crippen LogP contribution in [0.25, 0.3) is 0 Å². The predicted octanol–water partition coefficient (Wildman–Crippen LogP) is 2.02. The smallest absolute Gasteiger partial charge is 0.131 e. The molecule has 0 bridgehead atoms. The maximum absolute atomic E-state index is 9.25. The van der Waals surface area contributed by atoms with Crippen LogP contribution < -0.4 is 5.49 Å². The van der Waals surface area contributed by atoms with Crippen LogP contribution in [0.15, 0.2) is 18.3 Å². The van der Waals surface area contributed by atoms with Crippen LogP contribution in [0.5, 0.6) is 5.75 Å². The molecule has 2 N–H and O–H groups in total. The predicted molar refractivity (Wildman–Crippen MR) is 55.1 cm³/mol. The van der Waals surface area contributed by atoms with Crippen molar-refractivity contribution in [3.63, 3.8) is 0 Å². The van der Waals surface area contributed by atoms with E-state index in [0.29, 0.717) is 5.49 Å². The number of aromatic nitrogens is 1. The van der Waals surface area contributed by atoms with E-state index in [0.717, 1.165) is 0 Å². The minimum absolute atomic E-state index is 0.152. The molecule has 0 spiro atoms. The van der Waals surface area contributed by atoms with E-state index >= 15 is 0 Å². The van der Waals surface area contributed by atoms with Crippen molar-refractivity contribution in [2.75, 3.05) is 0 Å². The Kier molecular flexibility index (Phi) is 3.14. The highest BCUT2D eigenvalue weighted by molar-refractivity contribution is 9.09. The zero-order valence-corrected chi connectivity index (χ0v) is 9.25. The van der Waals surface area contributed by atoms with Gasteiger partial charge in [0, 0.05) is 17.1 Å². The van der Waals surface area contributed by atoms with Gasteiger partial charge in [0.1, 0.15) is 11.2 Å². The Hall–Kier alpha value is -0.770. The van der Waals surface area contributed by atoms with Gasteiger partial charge in [0.05, 0.1) is 0 Å². The van der Waals surface area contributed by atoms with Gasteiger partial charge in [-0.2, -0.15) is 0 Å². The van der Waals surface area contributed by atoms with Crippen molar-refractivity contribution in [2.24, 2.45) is 0 Å². The second-order valence-electron chi connectivity index (χ2n) is 3.10. The molecule has 1 heterocycles. The molecule has 0 saturated carbocycles. The molecular formula is C9H13BrN2O. The van der Waals surface area contributed by atoms with Crippen molar-refractivity contribution in [1.82, 2.24) is 4.57 Å². The zero-order chi connectivity index (χ0) is 10.0. The highest BCUT2D eigenvalue weighted by atomic mass is 79.9. The molecule has 0 aliphatic rings. The zero-order valence-electron chi connectivity index (χ0n) is 7.66. The maximum Gasteiger partial charge on any atom is 0.131 e. The van der Waals surface area contributed by atoms with E-state index in [1.165, 1.54) is 6.07 Å². The molecule has 1 aromatic heterocycles. The second kappa shape index (κ2) is 3.96. The minimum Gasteiger partial charge on any atom is -0.506 e. The van der Waals surface area contributed by atoms with Crippen LogP contribution in [-0.4, -0.2) is 14.5 Å². The van der Waals surface area contributed by atoms with E-state index in [1.54, 1.807) is 16.8 Å². The molecule has 0 fully saturated rings. The first-order chi connectivity index (χ1) is 6.02. The quantitative estimate of drug-likeness (QED) is 0.769. The normalized spacial score (nSPS) is 15.3. The van der Waals surface area contributed by atoms with Gasteiger partial charge in [0.15, 0.2) is 0 Å². The van der Waals surface area contributed by atoms with Gasteiger partial charge in [0.2, 0.25) is 0 Å². The topological polar surface area (TPSA) is 49.0 Å². The number of pyridine rings is 1. The Balaban J connectivity index is 3.13. The first-order valence-corrected chi connectivity index (χ1v) is 5.03. The van der Waals surface area contributed by atoms with E-state index in [1.807, 2.05) is 13.8 Å². The van der Waals surface area contributed by atoms with Gasteiger partial charge in [0.25, 0.3) is 0 Å². The fourth-order valence-electron chi connectivity index (χ4n) is 1.06. The molecule has 3 nitrogen and oxygen atoms in total. The summed E-state index contributed by atoms with van der Waals surface area (Å²) in [5.74, 6) is 0.191. The number of nitrogens with zero attached hydrogens (tertiary/aromatic N) is 1. The molecule has 0 radical (unpaired) electrons. The number of aromatic hydroxyl groups is 1. The summed E-state index contributed by atoms with van der Waals surface area (Å²) in [5.41, 5.74) is 0.400. The molecule has 1 unspecified atom stereocenters. The van der Waals surface area contributed by atoms with E-state index in [2.05, 4.69) is 15.9 Å². The minimum atomic E-state index is 0.152. The molecule has 4 heteroatoms. The second-order valence-corrected chi connectivity index (χ2v) is 4.54. The van der Waals surface area contributed by atoms with Crippen LogP contribution in [0.1, 0.15) is 19.9 Å². The lowest BCUT2D eigenvalue weighted by atomic mass is 10.2. The number of alkyl halides is 1. The summed E-state index contributed by atoms with van der Waals surface area (Å²) >= 11 is 3.45. The van der Waals surface area contributed by atoms with Gasteiger partial charge in [-0.15, -0.1) is 0 Å². The van der Waals surface area contributed by atoms with E-state index in [4.69, 9.17) is 5.41 Å². The maximum atomic E-state index is 9.25. The van der Waals surface area contributed by atoms with Gasteiger partial charge in [-0.05, 0) is 19.1 Å². The number of nitrogens with one attached hydrogen (secondary N) is 1. The van der Waals surface area contributed by atoms with Gasteiger partial charge in [-0.3, -0.25) is 5.41 Å². The van der Waals surface area contributed by atoms with Gasteiger partial charge < -0.3 is 9.67 Å². The van der Waals surface area contributed by atoms with Gasteiger partial charge in [-0.25, -0.2) is 0 Å². The molecular weight excluding hydrogens is 232 g/mol. The molecule has 13 heavy (non-hydrogen) atoms. The van der Waals surface area contributed by atoms with Crippen molar-refractivity contribution in [1.29, 1.82) is 5.41 Å². The molecule has 0 saturated heterocycles. The Morgan fingerprint density at radius 3 is 2.62 bits per heavy atom. The Bertz CT molecular complexity index is 346. The van der Waals surface area contributed by atoms with E-state index < -0.39 is 0 Å². The van der Waals surface area contributed by atoms with Crippen molar-refractivity contribution in [3.05, 3.63) is 23.8 Å². The van der Waals surface area contributed by atoms with Gasteiger partial charge in [-0.1, -0.05) is 22.9 Å². The number of hydrogen-bond acceptors (Lipinski definition) is 2. The SMILES string of the molecule is CC([C@@H](C)Br)n1cc(O)ccc1=N. The van der Waals surface area contributed by atoms with Crippen molar-refractivity contribution >= 4 is 15.9 Å². The molecule has 1 rings (SSSR count). The van der Waals surface area contributed by atoms with Crippen molar-refractivity contribution in [3.8, 4) is 5.75 Å². The molecule has 72 valence electrons. The number of halogens is 1. The lowest BCUT2D eigenvalue weighted by Gasteiger charge is -2.18. The molecule has 0 amide bonds. The lowest BCUT2D eigenvalue weighted by Crippen LogP contribution is -2.25. The fourth-order valence-corrected chi connectivity index (χ4v) is 1.32. The summed E-state index contributed by atoms with van der Waals surface area (Å²) in [4.78, 5) is 0.267. The fraction of sp³-hybridized carbons (Fsp3) is 0.444. The molecule has 0 aliphatic carbocycles. The molecule has 1 aromatic rings. The van der Waals surface area contributed by atoms with Crippen LogP contribution >= 0.6 is 15.9 Å². The third-order valence-corrected chi connectivity index (χ3v) is 2.83.